The number of benzene rings is 2. The monoisotopic (exact) mass is 352 g/mol. The quantitative estimate of drug-likeness (QED) is 0.572. The lowest BCUT2D eigenvalue weighted by molar-refractivity contribution is 0.432. The molecule has 4 rings (SSSR count). The highest BCUT2D eigenvalue weighted by Gasteiger charge is 2.15. The molecule has 26 heavy (non-hydrogen) atoms. The molecule has 4 aromatic rings. The Hall–Kier alpha value is -3.55. The van der Waals surface area contributed by atoms with Crippen molar-refractivity contribution in [2.45, 2.75) is 13.5 Å². The number of nitrogens with one attached hydrogen (secondary N) is 1. The zero-order valence-corrected chi connectivity index (χ0v) is 13.7. The van der Waals surface area contributed by atoms with E-state index in [1.54, 1.807) is 43.3 Å². The largest absolute Gasteiger partial charge is 0.334 e. The Morgan fingerprint density at radius 2 is 2.00 bits per heavy atom. The Morgan fingerprint density at radius 3 is 2.77 bits per heavy atom. The molecule has 0 aliphatic heterocycles. The van der Waals surface area contributed by atoms with Crippen molar-refractivity contribution >= 4 is 11.0 Å². The van der Waals surface area contributed by atoms with Crippen LogP contribution in [0.2, 0.25) is 0 Å². The third-order valence-electron chi connectivity index (χ3n) is 4.08. The SMILES string of the molecule is CCn1c(=O)c(=O)[nH]c2cc(-c3nc(-c4ccccc4F)no3)ccc21. The number of halogens is 1. The van der Waals surface area contributed by atoms with Crippen LogP contribution in [0.1, 0.15) is 6.92 Å². The first kappa shape index (κ1) is 15.9. The van der Waals surface area contributed by atoms with Crippen LogP contribution in [0.3, 0.4) is 0 Å². The van der Waals surface area contributed by atoms with Gasteiger partial charge < -0.3 is 14.1 Å². The second-order valence-corrected chi connectivity index (χ2v) is 5.64. The maximum Gasteiger partial charge on any atom is 0.316 e. The van der Waals surface area contributed by atoms with Gasteiger partial charge in [-0.25, -0.2) is 4.39 Å². The van der Waals surface area contributed by atoms with Gasteiger partial charge in [0.05, 0.1) is 16.6 Å². The van der Waals surface area contributed by atoms with Gasteiger partial charge in [-0.1, -0.05) is 17.3 Å². The topological polar surface area (TPSA) is 93.8 Å². The summed E-state index contributed by atoms with van der Waals surface area (Å²) in [6, 6.07) is 11.2. The number of aryl methyl sites for hydroxylation is 1. The molecular formula is C18H13FN4O3. The number of rotatable bonds is 3. The molecule has 0 spiro atoms. The van der Waals surface area contributed by atoms with E-state index < -0.39 is 16.9 Å². The van der Waals surface area contributed by atoms with Crippen molar-refractivity contribution in [3.63, 3.8) is 0 Å². The van der Waals surface area contributed by atoms with Gasteiger partial charge in [0.15, 0.2) is 0 Å². The molecule has 0 saturated carbocycles. The molecule has 0 amide bonds. The fourth-order valence-corrected chi connectivity index (χ4v) is 2.82. The van der Waals surface area contributed by atoms with E-state index in [4.69, 9.17) is 4.52 Å². The lowest BCUT2D eigenvalue weighted by Crippen LogP contribution is -2.35. The average molecular weight is 352 g/mol. The molecule has 0 atom stereocenters. The van der Waals surface area contributed by atoms with Gasteiger partial charge in [-0.2, -0.15) is 4.98 Å². The van der Waals surface area contributed by atoms with Crippen LogP contribution in [0, 0.1) is 5.82 Å². The van der Waals surface area contributed by atoms with Crippen molar-refractivity contribution in [1.29, 1.82) is 0 Å². The maximum atomic E-state index is 13.9. The van der Waals surface area contributed by atoms with Crippen molar-refractivity contribution in [2.24, 2.45) is 0 Å². The normalized spacial score (nSPS) is 11.2. The van der Waals surface area contributed by atoms with Gasteiger partial charge >= 0.3 is 11.1 Å². The molecule has 0 unspecified atom stereocenters. The predicted octanol–water partition coefficient (Wildman–Crippen LogP) is 2.57. The van der Waals surface area contributed by atoms with Crippen molar-refractivity contribution in [3.05, 3.63) is 69.0 Å². The van der Waals surface area contributed by atoms with Crippen LogP contribution in [-0.4, -0.2) is 19.7 Å². The summed E-state index contributed by atoms with van der Waals surface area (Å²) in [5, 5.41) is 3.82. The fourth-order valence-electron chi connectivity index (χ4n) is 2.82. The van der Waals surface area contributed by atoms with Gasteiger partial charge in [-0.3, -0.25) is 9.59 Å². The number of aromatic nitrogens is 4. The molecule has 0 radical (unpaired) electrons. The molecule has 2 aromatic heterocycles. The highest BCUT2D eigenvalue weighted by Crippen LogP contribution is 2.25. The zero-order chi connectivity index (χ0) is 18.3. The Balaban J connectivity index is 1.83. The molecule has 1 N–H and O–H groups in total. The Labute approximate surface area is 145 Å². The molecule has 0 saturated heterocycles. The summed E-state index contributed by atoms with van der Waals surface area (Å²) >= 11 is 0. The molecule has 7 nitrogen and oxygen atoms in total. The number of hydrogen-bond donors (Lipinski definition) is 1. The van der Waals surface area contributed by atoms with Crippen molar-refractivity contribution in [3.8, 4) is 22.8 Å². The summed E-state index contributed by atoms with van der Waals surface area (Å²) < 4.78 is 20.5. The Morgan fingerprint density at radius 1 is 1.19 bits per heavy atom. The summed E-state index contributed by atoms with van der Waals surface area (Å²) in [5.41, 5.74) is 0.539. The summed E-state index contributed by atoms with van der Waals surface area (Å²) in [7, 11) is 0. The summed E-state index contributed by atoms with van der Waals surface area (Å²) in [6.07, 6.45) is 0. The van der Waals surface area contributed by atoms with Crippen LogP contribution in [-0.2, 0) is 6.54 Å². The van der Waals surface area contributed by atoms with Crippen molar-refractivity contribution in [1.82, 2.24) is 19.7 Å². The minimum absolute atomic E-state index is 0.130. The highest BCUT2D eigenvalue weighted by molar-refractivity contribution is 5.80. The second kappa shape index (κ2) is 6.07. The number of hydrogen-bond acceptors (Lipinski definition) is 5. The van der Waals surface area contributed by atoms with Gasteiger partial charge in [0.25, 0.3) is 5.89 Å². The molecule has 0 aliphatic carbocycles. The zero-order valence-electron chi connectivity index (χ0n) is 13.7. The van der Waals surface area contributed by atoms with Crippen LogP contribution in [0.15, 0.2) is 56.6 Å². The molecule has 8 heteroatoms. The third-order valence-corrected chi connectivity index (χ3v) is 4.08. The average Bonchev–Trinajstić information content (AvgIpc) is 3.13. The van der Waals surface area contributed by atoms with Crippen LogP contribution in [0.4, 0.5) is 4.39 Å². The molecule has 130 valence electrons. The fraction of sp³-hybridized carbons (Fsp3) is 0.111. The first-order valence-electron chi connectivity index (χ1n) is 7.94. The molecule has 2 heterocycles. The van der Waals surface area contributed by atoms with E-state index in [0.717, 1.165) is 0 Å². The molecule has 0 aliphatic rings. The smallest absolute Gasteiger partial charge is 0.316 e. The Kier molecular flexibility index (Phi) is 3.72. The minimum Gasteiger partial charge on any atom is -0.334 e. The van der Waals surface area contributed by atoms with Crippen molar-refractivity contribution in [2.75, 3.05) is 0 Å². The lowest BCUT2D eigenvalue weighted by Gasteiger charge is -2.07. The second-order valence-electron chi connectivity index (χ2n) is 5.64. The first-order chi connectivity index (χ1) is 12.6. The van der Waals surface area contributed by atoms with Gasteiger partial charge in [0.1, 0.15) is 5.82 Å². The predicted molar refractivity (Wildman–Crippen MR) is 93.2 cm³/mol. The van der Waals surface area contributed by atoms with E-state index in [-0.39, 0.29) is 17.3 Å². The lowest BCUT2D eigenvalue weighted by atomic mass is 10.2. The van der Waals surface area contributed by atoms with E-state index >= 15 is 0 Å². The number of H-pyrrole nitrogens is 1. The molecule has 0 bridgehead atoms. The number of aromatic amines is 1. The standard InChI is InChI=1S/C18H13FN4O3/c1-2-23-14-8-7-10(9-13(14)20-16(24)18(23)25)17-21-15(22-26-17)11-5-3-4-6-12(11)19/h3-9H,2H2,1H3,(H,20,24). The Bertz CT molecular complexity index is 1240. The van der Waals surface area contributed by atoms with E-state index in [1.165, 1.54) is 10.6 Å². The summed E-state index contributed by atoms with van der Waals surface area (Å²) in [4.78, 5) is 30.5. The maximum absolute atomic E-state index is 13.9. The van der Waals surface area contributed by atoms with Gasteiger partial charge in [0, 0.05) is 12.1 Å². The molecular weight excluding hydrogens is 339 g/mol. The van der Waals surface area contributed by atoms with Crippen LogP contribution < -0.4 is 11.1 Å². The van der Waals surface area contributed by atoms with Crippen LogP contribution in [0.5, 0.6) is 0 Å². The third kappa shape index (κ3) is 2.52. The number of fused-ring (bicyclic) bond motifs is 1. The molecule has 0 fully saturated rings. The summed E-state index contributed by atoms with van der Waals surface area (Å²) in [6.45, 7) is 2.16. The van der Waals surface area contributed by atoms with Gasteiger partial charge in [-0.15, -0.1) is 0 Å². The van der Waals surface area contributed by atoms with Crippen molar-refractivity contribution < 1.29 is 8.91 Å². The van der Waals surface area contributed by atoms with E-state index in [9.17, 15) is 14.0 Å². The minimum atomic E-state index is -0.700. The van der Waals surface area contributed by atoms with Gasteiger partial charge in [-0.05, 0) is 37.3 Å². The van der Waals surface area contributed by atoms with E-state index in [2.05, 4.69) is 15.1 Å². The van der Waals surface area contributed by atoms with Gasteiger partial charge in [0.2, 0.25) is 5.82 Å². The van der Waals surface area contributed by atoms with E-state index in [1.807, 2.05) is 0 Å². The first-order valence-corrected chi connectivity index (χ1v) is 7.94. The summed E-state index contributed by atoms with van der Waals surface area (Å²) in [5.74, 6) is -0.139. The molecule has 2 aromatic carbocycles. The van der Waals surface area contributed by atoms with E-state index in [0.29, 0.717) is 23.1 Å². The van der Waals surface area contributed by atoms with Crippen LogP contribution in [0.25, 0.3) is 33.9 Å². The highest BCUT2D eigenvalue weighted by atomic mass is 19.1. The van der Waals surface area contributed by atoms with Crippen LogP contribution >= 0.6 is 0 Å². The number of nitrogens with zero attached hydrogens (tertiary/aromatic N) is 3.